The summed E-state index contributed by atoms with van der Waals surface area (Å²) in [5.74, 6) is -1.43. The molecule has 0 aromatic carbocycles. The predicted molar refractivity (Wildman–Crippen MR) is 66.2 cm³/mol. The zero-order chi connectivity index (χ0) is 14.3. The van der Waals surface area contributed by atoms with E-state index in [1.165, 1.54) is 25.6 Å². The minimum atomic E-state index is -1.13. The molecule has 0 aliphatic rings. The van der Waals surface area contributed by atoms with Gasteiger partial charge in [-0.2, -0.15) is 0 Å². The van der Waals surface area contributed by atoms with Crippen LogP contribution >= 0.6 is 0 Å². The number of hydrogen-bond donors (Lipinski definition) is 2. The molecule has 0 aliphatic heterocycles. The maximum Gasteiger partial charge on any atom is 0.339 e. The molecule has 1 aromatic rings. The van der Waals surface area contributed by atoms with Gasteiger partial charge in [0.25, 0.3) is 5.91 Å². The van der Waals surface area contributed by atoms with Crippen LogP contribution in [0.4, 0.5) is 0 Å². The van der Waals surface area contributed by atoms with Crippen molar-refractivity contribution < 1.29 is 24.2 Å². The highest BCUT2D eigenvalue weighted by Crippen LogP contribution is 2.15. The van der Waals surface area contributed by atoms with Crippen molar-refractivity contribution in [3.8, 4) is 5.75 Å². The average Bonchev–Trinajstić information content (AvgIpc) is 2.36. The Bertz CT molecular complexity index is 450. The van der Waals surface area contributed by atoms with Gasteiger partial charge in [-0.25, -0.2) is 4.79 Å². The van der Waals surface area contributed by atoms with E-state index in [0.29, 0.717) is 6.61 Å². The minimum absolute atomic E-state index is 0.0345. The highest BCUT2D eigenvalue weighted by molar-refractivity contribution is 5.90. The smallest absolute Gasteiger partial charge is 0.339 e. The van der Waals surface area contributed by atoms with Gasteiger partial charge in [-0.15, -0.1) is 0 Å². The molecule has 0 radical (unpaired) electrons. The second-order valence-corrected chi connectivity index (χ2v) is 3.89. The zero-order valence-corrected chi connectivity index (χ0v) is 10.8. The quantitative estimate of drug-likeness (QED) is 0.738. The summed E-state index contributed by atoms with van der Waals surface area (Å²) in [7, 11) is 1.54. The summed E-state index contributed by atoms with van der Waals surface area (Å²) in [4.78, 5) is 26.2. The summed E-state index contributed by atoms with van der Waals surface area (Å²) in [6.07, 6.45) is 2.60. The molecule has 7 nitrogen and oxygen atoms in total. The highest BCUT2D eigenvalue weighted by Gasteiger charge is 2.13. The maximum atomic E-state index is 11.5. The van der Waals surface area contributed by atoms with Gasteiger partial charge in [0.2, 0.25) is 0 Å². The number of aromatic carboxylic acids is 1. The van der Waals surface area contributed by atoms with Crippen LogP contribution in [0.5, 0.6) is 5.75 Å². The number of carbonyl (C=O) groups is 2. The lowest BCUT2D eigenvalue weighted by atomic mass is 10.2. The van der Waals surface area contributed by atoms with Gasteiger partial charge in [0, 0.05) is 19.3 Å². The first-order chi connectivity index (χ1) is 9.04. The fourth-order valence-electron chi connectivity index (χ4n) is 1.42. The molecule has 1 aromatic heterocycles. The molecule has 19 heavy (non-hydrogen) atoms. The molecule has 0 spiro atoms. The molecule has 0 saturated carbocycles. The number of ether oxygens (including phenoxy) is 2. The van der Waals surface area contributed by atoms with Crippen molar-refractivity contribution in [3.05, 3.63) is 24.0 Å². The van der Waals surface area contributed by atoms with Crippen LogP contribution < -0.4 is 10.1 Å². The van der Waals surface area contributed by atoms with Crippen molar-refractivity contribution in [2.45, 2.75) is 13.0 Å². The van der Waals surface area contributed by atoms with E-state index in [4.69, 9.17) is 14.6 Å². The fourth-order valence-corrected chi connectivity index (χ4v) is 1.42. The summed E-state index contributed by atoms with van der Waals surface area (Å²) in [6, 6.07) is 1.16. The number of carboxylic acids is 1. The topological polar surface area (TPSA) is 97.8 Å². The summed E-state index contributed by atoms with van der Waals surface area (Å²) in [6.45, 7) is 1.90. The average molecular weight is 268 g/mol. The molecule has 1 unspecified atom stereocenters. The van der Waals surface area contributed by atoms with Crippen molar-refractivity contribution in [3.63, 3.8) is 0 Å². The Morgan fingerprint density at radius 2 is 2.26 bits per heavy atom. The summed E-state index contributed by atoms with van der Waals surface area (Å²) in [5.41, 5.74) is -0.0345. The summed E-state index contributed by atoms with van der Waals surface area (Å²) in [5, 5.41) is 11.6. The van der Waals surface area contributed by atoms with Crippen molar-refractivity contribution in [2.75, 3.05) is 20.3 Å². The molecule has 0 bridgehead atoms. The first kappa shape index (κ1) is 14.9. The zero-order valence-electron chi connectivity index (χ0n) is 10.8. The molecule has 1 rings (SSSR count). The van der Waals surface area contributed by atoms with Crippen LogP contribution in [-0.4, -0.2) is 48.3 Å². The van der Waals surface area contributed by atoms with Crippen LogP contribution in [0.2, 0.25) is 0 Å². The largest absolute Gasteiger partial charge is 0.481 e. The Kier molecular flexibility index (Phi) is 5.74. The van der Waals surface area contributed by atoms with Crippen LogP contribution in [0.3, 0.4) is 0 Å². The van der Waals surface area contributed by atoms with E-state index in [-0.39, 0.29) is 29.9 Å². The lowest BCUT2D eigenvalue weighted by molar-refractivity contribution is -0.124. The van der Waals surface area contributed by atoms with E-state index < -0.39 is 5.97 Å². The summed E-state index contributed by atoms with van der Waals surface area (Å²) < 4.78 is 10.0. The Hall–Kier alpha value is -2.15. The number of nitrogens with one attached hydrogen (secondary N) is 1. The number of nitrogens with zero attached hydrogens (tertiary/aromatic N) is 1. The van der Waals surface area contributed by atoms with Crippen molar-refractivity contribution in [2.24, 2.45) is 0 Å². The minimum Gasteiger partial charge on any atom is -0.481 e. The van der Waals surface area contributed by atoms with Gasteiger partial charge in [0.05, 0.1) is 12.8 Å². The van der Waals surface area contributed by atoms with Crippen LogP contribution in [0.15, 0.2) is 18.5 Å². The van der Waals surface area contributed by atoms with Crippen LogP contribution in [0.25, 0.3) is 0 Å². The number of carboxylic acid groups (broad SMARTS) is 1. The van der Waals surface area contributed by atoms with E-state index in [2.05, 4.69) is 10.3 Å². The third-order valence-corrected chi connectivity index (χ3v) is 2.20. The molecule has 104 valence electrons. The van der Waals surface area contributed by atoms with Crippen molar-refractivity contribution >= 4 is 11.9 Å². The Morgan fingerprint density at radius 1 is 1.53 bits per heavy atom. The van der Waals surface area contributed by atoms with Gasteiger partial charge in [0.1, 0.15) is 5.56 Å². The third-order valence-electron chi connectivity index (χ3n) is 2.20. The van der Waals surface area contributed by atoms with Gasteiger partial charge in [-0.3, -0.25) is 9.78 Å². The standard InChI is InChI=1S/C12H16N2O5/c1-8(6-18-2)14-11(15)7-19-10-5-13-4-3-9(10)12(16)17/h3-5,8H,6-7H2,1-2H3,(H,14,15)(H,16,17). The van der Waals surface area contributed by atoms with Crippen molar-refractivity contribution in [1.29, 1.82) is 0 Å². The van der Waals surface area contributed by atoms with E-state index in [0.717, 1.165) is 0 Å². The van der Waals surface area contributed by atoms with Crippen LogP contribution in [0.1, 0.15) is 17.3 Å². The maximum absolute atomic E-state index is 11.5. The van der Waals surface area contributed by atoms with Crippen LogP contribution in [-0.2, 0) is 9.53 Å². The molecule has 0 fully saturated rings. The number of methoxy groups -OCH3 is 1. The van der Waals surface area contributed by atoms with Gasteiger partial charge < -0.3 is 19.9 Å². The molecular formula is C12H16N2O5. The molecular weight excluding hydrogens is 252 g/mol. The van der Waals surface area contributed by atoms with Crippen molar-refractivity contribution in [1.82, 2.24) is 10.3 Å². The van der Waals surface area contributed by atoms with E-state index in [1.807, 2.05) is 0 Å². The lowest BCUT2D eigenvalue weighted by Crippen LogP contribution is -2.38. The van der Waals surface area contributed by atoms with Gasteiger partial charge in [-0.05, 0) is 13.0 Å². The second kappa shape index (κ2) is 7.32. The molecule has 1 atom stereocenters. The van der Waals surface area contributed by atoms with E-state index >= 15 is 0 Å². The molecule has 7 heteroatoms. The first-order valence-electron chi connectivity index (χ1n) is 5.63. The van der Waals surface area contributed by atoms with Crippen LogP contribution in [0, 0.1) is 0 Å². The number of amides is 1. The fraction of sp³-hybridized carbons (Fsp3) is 0.417. The number of aromatic nitrogens is 1. The van der Waals surface area contributed by atoms with E-state index in [1.54, 1.807) is 6.92 Å². The van der Waals surface area contributed by atoms with Gasteiger partial charge in [-0.1, -0.05) is 0 Å². The second-order valence-electron chi connectivity index (χ2n) is 3.89. The normalized spacial score (nSPS) is 11.7. The SMILES string of the molecule is COCC(C)NC(=O)COc1cnccc1C(=O)O. The van der Waals surface area contributed by atoms with E-state index in [9.17, 15) is 9.59 Å². The Balaban J connectivity index is 2.53. The number of pyridine rings is 1. The number of hydrogen-bond acceptors (Lipinski definition) is 5. The number of rotatable bonds is 7. The third kappa shape index (κ3) is 4.92. The lowest BCUT2D eigenvalue weighted by Gasteiger charge is -2.13. The first-order valence-corrected chi connectivity index (χ1v) is 5.63. The predicted octanol–water partition coefficient (Wildman–Crippen LogP) is 0.310. The molecule has 1 heterocycles. The molecule has 0 saturated heterocycles. The van der Waals surface area contributed by atoms with Gasteiger partial charge in [0.15, 0.2) is 12.4 Å². The summed E-state index contributed by atoms with van der Waals surface area (Å²) >= 11 is 0. The molecule has 1 amide bonds. The Labute approximate surface area is 110 Å². The molecule has 0 aliphatic carbocycles. The molecule has 2 N–H and O–H groups in total. The van der Waals surface area contributed by atoms with Gasteiger partial charge >= 0.3 is 5.97 Å². The monoisotopic (exact) mass is 268 g/mol. The highest BCUT2D eigenvalue weighted by atomic mass is 16.5. The Morgan fingerprint density at radius 3 is 2.89 bits per heavy atom. The number of carbonyl (C=O) groups excluding carboxylic acids is 1.